The number of hydrogen-bond donors (Lipinski definition) is 0. The number of nitriles is 1. The molecule has 0 heterocycles. The van der Waals surface area contributed by atoms with Gasteiger partial charge in [0.1, 0.15) is 12.4 Å². The minimum absolute atomic E-state index is 0.0538. The third-order valence-electron chi connectivity index (χ3n) is 12.2. The molecular weight excluding hydrogens is 434 g/mol. The van der Waals surface area contributed by atoms with E-state index in [1.165, 1.54) is 6.29 Å². The van der Waals surface area contributed by atoms with E-state index in [1.807, 2.05) is 26.0 Å². The van der Waals surface area contributed by atoms with Gasteiger partial charge in [-0.15, -0.1) is 0 Å². The summed E-state index contributed by atoms with van der Waals surface area (Å²) in [5, 5.41) is 9.82. The first-order chi connectivity index (χ1) is 16.1. The maximum atomic E-state index is 14.2. The molecule has 3 saturated carbocycles. The van der Waals surface area contributed by atoms with Crippen LogP contribution in [0, 0.1) is 61.6 Å². The predicted molar refractivity (Wildman–Crippen MR) is 135 cm³/mol. The summed E-state index contributed by atoms with van der Waals surface area (Å²) in [4.78, 5) is 39.9. The van der Waals surface area contributed by atoms with E-state index in [1.54, 1.807) is 0 Å². The molecule has 35 heavy (non-hydrogen) atoms. The second kappa shape index (κ2) is 7.05. The van der Waals surface area contributed by atoms with Gasteiger partial charge in [0, 0.05) is 22.2 Å². The van der Waals surface area contributed by atoms with E-state index >= 15 is 0 Å². The van der Waals surface area contributed by atoms with Gasteiger partial charge in [-0.25, -0.2) is 0 Å². The molecule has 7 atom stereocenters. The number of hydrogen-bond acceptors (Lipinski definition) is 4. The van der Waals surface area contributed by atoms with Crippen molar-refractivity contribution in [3.8, 4) is 6.07 Å². The van der Waals surface area contributed by atoms with Crippen molar-refractivity contribution in [2.45, 2.75) is 93.4 Å². The van der Waals surface area contributed by atoms with E-state index in [9.17, 15) is 19.6 Å². The summed E-state index contributed by atoms with van der Waals surface area (Å²) in [7, 11) is 0. The Balaban J connectivity index is 1.70. The zero-order valence-electron chi connectivity index (χ0n) is 22.6. The summed E-state index contributed by atoms with van der Waals surface area (Å²) in [5.74, 6) is 0.0586. The first kappa shape index (κ1) is 24.7. The highest BCUT2D eigenvalue weighted by atomic mass is 16.1. The Labute approximate surface area is 210 Å². The number of nitrogens with zero attached hydrogens (tertiary/aromatic N) is 1. The van der Waals surface area contributed by atoms with Crippen molar-refractivity contribution in [2.75, 3.05) is 0 Å². The lowest BCUT2D eigenvalue weighted by Gasteiger charge is -2.68. The van der Waals surface area contributed by atoms with Crippen LogP contribution in [-0.2, 0) is 14.4 Å². The van der Waals surface area contributed by atoms with Crippen molar-refractivity contribution in [2.24, 2.45) is 50.2 Å². The summed E-state index contributed by atoms with van der Waals surface area (Å²) in [6.07, 6.45) is 11.4. The van der Waals surface area contributed by atoms with Crippen molar-refractivity contribution in [1.82, 2.24) is 0 Å². The molecule has 0 aromatic rings. The van der Waals surface area contributed by atoms with Crippen LogP contribution in [0.3, 0.4) is 0 Å². The number of carbonyl (C=O) groups is 3. The van der Waals surface area contributed by atoms with E-state index in [4.69, 9.17) is 0 Å². The fraction of sp³-hybridized carbons (Fsp3) is 0.742. The fourth-order valence-corrected chi connectivity index (χ4v) is 9.88. The predicted octanol–water partition coefficient (Wildman–Crippen LogP) is 6.40. The number of fused-ring (bicyclic) bond motifs is 7. The average molecular weight is 476 g/mol. The van der Waals surface area contributed by atoms with Crippen LogP contribution in [0.1, 0.15) is 93.4 Å². The number of ketones is 2. The van der Waals surface area contributed by atoms with Gasteiger partial charge in [0.05, 0.1) is 5.57 Å². The van der Waals surface area contributed by atoms with Gasteiger partial charge >= 0.3 is 0 Å². The lowest BCUT2D eigenvalue weighted by Crippen LogP contribution is -2.65. The van der Waals surface area contributed by atoms with Crippen molar-refractivity contribution < 1.29 is 14.4 Å². The Morgan fingerprint density at radius 1 is 0.971 bits per heavy atom. The molecule has 4 heteroatoms. The van der Waals surface area contributed by atoms with Gasteiger partial charge in [-0.2, -0.15) is 5.26 Å². The number of Topliss-reactive ketones (excluding diaryl/α,β-unsaturated/α-hetero) is 1. The van der Waals surface area contributed by atoms with Gasteiger partial charge in [-0.1, -0.05) is 60.1 Å². The minimum Gasteiger partial charge on any atom is -0.303 e. The normalized spacial score (nSPS) is 47.7. The molecule has 0 saturated heterocycles. The zero-order chi connectivity index (χ0) is 25.8. The molecule has 0 N–H and O–H groups in total. The summed E-state index contributed by atoms with van der Waals surface area (Å²) < 4.78 is 0. The standard InChI is InChI=1S/C31H41NO3/c1-26(2)10-12-31(18-33)13-11-30(7)24(20(31)16-26)21(34)14-23-28(5)15-19(17-32)25(35)27(3,4)22(28)8-9-29(23,30)6/h14-15,18,20,22,24H,8-13,16H2,1-7H3/t20-,22-,24?,28-,29+,30+,31+/m0/s1. The molecule has 5 aliphatic carbocycles. The Morgan fingerprint density at radius 3 is 2.26 bits per heavy atom. The minimum atomic E-state index is -0.649. The largest absolute Gasteiger partial charge is 0.303 e. The summed E-state index contributed by atoms with van der Waals surface area (Å²) in [6, 6.07) is 2.17. The highest BCUT2D eigenvalue weighted by Crippen LogP contribution is 2.74. The molecule has 4 nitrogen and oxygen atoms in total. The van der Waals surface area contributed by atoms with Crippen molar-refractivity contribution in [3.63, 3.8) is 0 Å². The van der Waals surface area contributed by atoms with Crippen molar-refractivity contribution in [3.05, 3.63) is 23.3 Å². The summed E-state index contributed by atoms with van der Waals surface area (Å²) in [5.41, 5.74) is -0.537. The van der Waals surface area contributed by atoms with Crippen LogP contribution < -0.4 is 0 Å². The second-order valence-electron chi connectivity index (χ2n) is 14.6. The van der Waals surface area contributed by atoms with Crippen molar-refractivity contribution >= 4 is 17.9 Å². The van der Waals surface area contributed by atoms with Gasteiger partial charge in [-0.05, 0) is 79.1 Å². The van der Waals surface area contributed by atoms with Crippen LogP contribution in [0.15, 0.2) is 23.3 Å². The molecule has 5 rings (SSSR count). The van der Waals surface area contributed by atoms with Gasteiger partial charge in [0.15, 0.2) is 11.6 Å². The van der Waals surface area contributed by atoms with Gasteiger partial charge in [0.25, 0.3) is 0 Å². The monoisotopic (exact) mass is 475 g/mol. The maximum absolute atomic E-state index is 14.2. The van der Waals surface area contributed by atoms with E-state index in [0.717, 1.165) is 50.5 Å². The summed E-state index contributed by atoms with van der Waals surface area (Å²) >= 11 is 0. The van der Waals surface area contributed by atoms with E-state index in [2.05, 4.69) is 40.7 Å². The number of aldehydes is 1. The highest BCUT2D eigenvalue weighted by molar-refractivity contribution is 6.04. The third kappa shape index (κ3) is 2.88. The fourth-order valence-electron chi connectivity index (χ4n) is 9.88. The molecule has 5 aliphatic rings. The van der Waals surface area contributed by atoms with Crippen LogP contribution in [0.4, 0.5) is 0 Å². The van der Waals surface area contributed by atoms with E-state index < -0.39 is 10.8 Å². The van der Waals surface area contributed by atoms with Crippen LogP contribution in [-0.4, -0.2) is 17.9 Å². The molecule has 0 spiro atoms. The Morgan fingerprint density at radius 2 is 1.63 bits per heavy atom. The Kier molecular flexibility index (Phi) is 4.97. The quantitative estimate of drug-likeness (QED) is 0.411. The molecule has 0 amide bonds. The average Bonchev–Trinajstić information content (AvgIpc) is 2.77. The van der Waals surface area contributed by atoms with Crippen LogP contribution in [0.5, 0.6) is 0 Å². The van der Waals surface area contributed by atoms with E-state index in [0.29, 0.717) is 0 Å². The molecule has 0 aliphatic heterocycles. The third-order valence-corrected chi connectivity index (χ3v) is 12.2. The highest BCUT2D eigenvalue weighted by Gasteiger charge is 2.69. The molecular formula is C31H41NO3. The maximum Gasteiger partial charge on any atom is 0.178 e. The van der Waals surface area contributed by atoms with E-state index in [-0.39, 0.29) is 56.6 Å². The smallest absolute Gasteiger partial charge is 0.178 e. The van der Waals surface area contributed by atoms with Crippen molar-refractivity contribution in [1.29, 1.82) is 5.26 Å². The van der Waals surface area contributed by atoms with Gasteiger partial charge < -0.3 is 4.79 Å². The lowest BCUT2D eigenvalue weighted by molar-refractivity contribution is -0.171. The van der Waals surface area contributed by atoms with Gasteiger partial charge in [-0.3, -0.25) is 9.59 Å². The lowest BCUT2D eigenvalue weighted by atomic mass is 9.34. The number of rotatable bonds is 1. The summed E-state index contributed by atoms with van der Waals surface area (Å²) in [6.45, 7) is 15.3. The SMILES string of the molecule is CC1(C)CC[C@]2(C=O)CC[C@]3(C)C(C(=O)C=C4[C@@]5(C)C=C(C#N)C(=O)C(C)(C)[C@@H]5CC[C@]43C)[C@@H]2C1. The second-order valence-corrected chi connectivity index (χ2v) is 14.6. The van der Waals surface area contributed by atoms with Crippen LogP contribution in [0.2, 0.25) is 0 Å². The molecule has 0 aromatic heterocycles. The topological polar surface area (TPSA) is 75.0 Å². The first-order valence-electron chi connectivity index (χ1n) is 13.5. The number of carbonyl (C=O) groups excluding carboxylic acids is 3. The zero-order valence-corrected chi connectivity index (χ0v) is 22.6. The first-order valence-corrected chi connectivity index (χ1v) is 13.5. The molecule has 3 fully saturated rings. The molecule has 0 aromatic carbocycles. The number of allylic oxidation sites excluding steroid dienone is 4. The molecule has 0 bridgehead atoms. The van der Waals surface area contributed by atoms with Crippen LogP contribution in [0.25, 0.3) is 0 Å². The Hall–Kier alpha value is -2.02. The molecule has 1 unspecified atom stereocenters. The van der Waals surface area contributed by atoms with Gasteiger partial charge in [0.2, 0.25) is 0 Å². The molecule has 188 valence electrons. The molecule has 0 radical (unpaired) electrons. The van der Waals surface area contributed by atoms with Crippen LogP contribution >= 0.6 is 0 Å². The Bertz CT molecular complexity index is 1130.